The summed E-state index contributed by atoms with van der Waals surface area (Å²) in [6, 6.07) is 0. The van der Waals surface area contributed by atoms with Gasteiger partial charge in [0.2, 0.25) is 0 Å². The second kappa shape index (κ2) is 14.3. The van der Waals surface area contributed by atoms with Crippen molar-refractivity contribution in [3.05, 3.63) is 0 Å². The molecule has 0 aromatic rings. The number of aliphatic carboxylic acids is 1. The van der Waals surface area contributed by atoms with Crippen molar-refractivity contribution in [2.75, 3.05) is 6.61 Å². The van der Waals surface area contributed by atoms with Gasteiger partial charge in [-0.25, -0.2) is 0 Å². The highest BCUT2D eigenvalue weighted by atomic mass is 16.4. The van der Waals surface area contributed by atoms with Gasteiger partial charge in [0.25, 0.3) is 0 Å². The van der Waals surface area contributed by atoms with Crippen LogP contribution in [0.1, 0.15) is 77.0 Å². The van der Waals surface area contributed by atoms with Gasteiger partial charge in [-0.15, -0.1) is 0 Å². The molecular weight excluding hydrogens is 272 g/mol. The summed E-state index contributed by atoms with van der Waals surface area (Å²) in [4.78, 5) is 10.3. The van der Waals surface area contributed by atoms with E-state index in [2.05, 4.69) is 0 Å². The molecule has 0 aliphatic rings. The average Bonchev–Trinajstić information content (AvgIpc) is 2.45. The van der Waals surface area contributed by atoms with E-state index in [1.807, 2.05) is 0 Å². The van der Waals surface area contributed by atoms with Crippen LogP contribution in [0.4, 0.5) is 0 Å². The zero-order valence-corrected chi connectivity index (χ0v) is 13.0. The van der Waals surface area contributed by atoms with E-state index in [1.54, 1.807) is 0 Å². The van der Waals surface area contributed by atoms with Gasteiger partial charge in [0, 0.05) is 13.0 Å². The Morgan fingerprint density at radius 1 is 0.714 bits per heavy atom. The highest BCUT2D eigenvalue weighted by molar-refractivity contribution is 5.66. The molecule has 4 N–H and O–H groups in total. The van der Waals surface area contributed by atoms with Gasteiger partial charge in [0.05, 0.1) is 12.2 Å². The van der Waals surface area contributed by atoms with Crippen molar-refractivity contribution in [3.63, 3.8) is 0 Å². The minimum atomic E-state index is -0.783. The van der Waals surface area contributed by atoms with Crippen molar-refractivity contribution >= 4 is 5.97 Å². The average molecular weight is 304 g/mol. The molecule has 0 spiro atoms. The molecule has 0 heterocycles. The largest absolute Gasteiger partial charge is 0.481 e. The van der Waals surface area contributed by atoms with Crippen LogP contribution in [-0.2, 0) is 4.79 Å². The van der Waals surface area contributed by atoms with Crippen LogP contribution in [0.15, 0.2) is 0 Å². The third-order valence-electron chi connectivity index (χ3n) is 3.74. The third-order valence-corrected chi connectivity index (χ3v) is 3.74. The molecule has 0 aromatic heterocycles. The SMILES string of the molecule is O=C(O)CCCCC[C@H](O)[C@H](O)CCCCCCCCO. The summed E-state index contributed by atoms with van der Waals surface area (Å²) in [6.45, 7) is 0.261. The van der Waals surface area contributed by atoms with Crippen molar-refractivity contribution in [3.8, 4) is 0 Å². The lowest BCUT2D eigenvalue weighted by Gasteiger charge is -2.17. The lowest BCUT2D eigenvalue weighted by atomic mass is 10.00. The van der Waals surface area contributed by atoms with Crippen LogP contribution < -0.4 is 0 Å². The van der Waals surface area contributed by atoms with E-state index in [-0.39, 0.29) is 13.0 Å². The lowest BCUT2D eigenvalue weighted by Crippen LogP contribution is -2.25. The fraction of sp³-hybridized carbons (Fsp3) is 0.938. The summed E-state index contributed by atoms with van der Waals surface area (Å²) in [7, 11) is 0. The number of carboxylic acids is 1. The number of carbonyl (C=O) groups is 1. The molecular formula is C16H32O5. The van der Waals surface area contributed by atoms with Gasteiger partial charge in [-0.1, -0.05) is 44.9 Å². The first-order chi connectivity index (χ1) is 10.1. The van der Waals surface area contributed by atoms with Crippen LogP contribution in [0.25, 0.3) is 0 Å². The van der Waals surface area contributed by atoms with Crippen molar-refractivity contribution in [1.82, 2.24) is 0 Å². The summed E-state index contributed by atoms with van der Waals surface area (Å²) in [6.07, 6.45) is 8.25. The van der Waals surface area contributed by atoms with Gasteiger partial charge in [0.15, 0.2) is 0 Å². The molecule has 0 saturated heterocycles. The third kappa shape index (κ3) is 14.1. The van der Waals surface area contributed by atoms with Gasteiger partial charge in [-0.05, 0) is 25.7 Å². The molecule has 21 heavy (non-hydrogen) atoms. The highest BCUT2D eigenvalue weighted by Crippen LogP contribution is 2.14. The van der Waals surface area contributed by atoms with E-state index in [0.717, 1.165) is 51.4 Å². The maximum Gasteiger partial charge on any atom is 0.303 e. The molecule has 5 heteroatoms. The predicted octanol–water partition coefficient (Wildman–Crippen LogP) is 2.47. The van der Waals surface area contributed by atoms with Crippen LogP contribution in [-0.4, -0.2) is 45.2 Å². The van der Waals surface area contributed by atoms with E-state index in [4.69, 9.17) is 10.2 Å². The molecule has 0 amide bonds. The van der Waals surface area contributed by atoms with Gasteiger partial charge in [-0.3, -0.25) is 4.79 Å². The number of rotatable bonds is 15. The molecule has 0 aromatic carbocycles. The Balaban J connectivity index is 3.40. The minimum absolute atomic E-state index is 0.176. The molecule has 0 unspecified atom stereocenters. The van der Waals surface area contributed by atoms with Crippen LogP contribution >= 0.6 is 0 Å². The van der Waals surface area contributed by atoms with Crippen molar-refractivity contribution in [2.45, 2.75) is 89.3 Å². The van der Waals surface area contributed by atoms with Gasteiger partial charge < -0.3 is 20.4 Å². The molecule has 0 bridgehead atoms. The molecule has 2 atom stereocenters. The fourth-order valence-corrected chi connectivity index (χ4v) is 2.36. The summed E-state index contributed by atoms with van der Waals surface area (Å²) >= 11 is 0. The van der Waals surface area contributed by atoms with Crippen LogP contribution in [0.3, 0.4) is 0 Å². The molecule has 0 fully saturated rings. The normalized spacial score (nSPS) is 14.0. The number of hydrogen-bond donors (Lipinski definition) is 4. The quantitative estimate of drug-likeness (QED) is 0.348. The number of unbranched alkanes of at least 4 members (excludes halogenated alkanes) is 7. The smallest absolute Gasteiger partial charge is 0.303 e. The van der Waals surface area contributed by atoms with Crippen LogP contribution in [0, 0.1) is 0 Å². The van der Waals surface area contributed by atoms with E-state index < -0.39 is 18.2 Å². The van der Waals surface area contributed by atoms with Gasteiger partial charge >= 0.3 is 5.97 Å². The monoisotopic (exact) mass is 304 g/mol. The summed E-state index contributed by atoms with van der Waals surface area (Å²) in [5.74, 6) is -0.783. The molecule has 0 aliphatic heterocycles. The first kappa shape index (κ1) is 20.3. The van der Waals surface area contributed by atoms with E-state index >= 15 is 0 Å². The van der Waals surface area contributed by atoms with Gasteiger partial charge in [0.1, 0.15) is 0 Å². The zero-order chi connectivity index (χ0) is 15.9. The van der Waals surface area contributed by atoms with Crippen molar-refractivity contribution in [1.29, 1.82) is 0 Å². The first-order valence-corrected chi connectivity index (χ1v) is 8.26. The Kier molecular flexibility index (Phi) is 13.9. The number of aliphatic hydroxyl groups excluding tert-OH is 3. The second-order valence-electron chi connectivity index (χ2n) is 5.76. The molecule has 0 saturated carbocycles. The van der Waals surface area contributed by atoms with E-state index in [9.17, 15) is 15.0 Å². The number of aliphatic hydroxyl groups is 3. The summed E-state index contributed by atoms with van der Waals surface area (Å²) in [5.41, 5.74) is 0. The number of carboxylic acid groups (broad SMARTS) is 1. The predicted molar refractivity (Wildman–Crippen MR) is 82.1 cm³/mol. The summed E-state index contributed by atoms with van der Waals surface area (Å²) < 4.78 is 0. The Morgan fingerprint density at radius 3 is 1.62 bits per heavy atom. The topological polar surface area (TPSA) is 98.0 Å². The fourth-order valence-electron chi connectivity index (χ4n) is 2.36. The van der Waals surface area contributed by atoms with Crippen LogP contribution in [0.5, 0.6) is 0 Å². The van der Waals surface area contributed by atoms with Crippen molar-refractivity contribution in [2.24, 2.45) is 0 Å². The van der Waals surface area contributed by atoms with E-state index in [0.29, 0.717) is 19.3 Å². The Labute approximate surface area is 128 Å². The molecule has 0 aliphatic carbocycles. The first-order valence-electron chi connectivity index (χ1n) is 8.26. The highest BCUT2D eigenvalue weighted by Gasteiger charge is 2.15. The minimum Gasteiger partial charge on any atom is -0.481 e. The zero-order valence-electron chi connectivity index (χ0n) is 13.0. The number of hydrogen-bond acceptors (Lipinski definition) is 4. The Bertz CT molecular complexity index is 245. The van der Waals surface area contributed by atoms with Crippen LogP contribution in [0.2, 0.25) is 0 Å². The lowest BCUT2D eigenvalue weighted by molar-refractivity contribution is -0.137. The maximum atomic E-state index is 10.3. The summed E-state index contributed by atoms with van der Waals surface area (Å²) in [5, 5.41) is 36.8. The maximum absolute atomic E-state index is 10.3. The molecule has 0 radical (unpaired) electrons. The second-order valence-corrected chi connectivity index (χ2v) is 5.76. The van der Waals surface area contributed by atoms with Crippen molar-refractivity contribution < 1.29 is 25.2 Å². The standard InChI is InChI=1S/C16H32O5/c17-13-9-4-2-1-3-6-10-14(18)15(19)11-7-5-8-12-16(20)21/h14-15,17-19H,1-13H2,(H,20,21)/t14-,15+/m1/s1. The van der Waals surface area contributed by atoms with E-state index in [1.165, 1.54) is 0 Å². The Morgan fingerprint density at radius 2 is 1.14 bits per heavy atom. The molecule has 5 nitrogen and oxygen atoms in total. The van der Waals surface area contributed by atoms with Gasteiger partial charge in [-0.2, -0.15) is 0 Å². The molecule has 0 rings (SSSR count). The Hall–Kier alpha value is -0.650. The molecule has 126 valence electrons.